The molecule has 1 aromatic carbocycles. The van der Waals surface area contributed by atoms with Gasteiger partial charge < -0.3 is 9.73 Å². The molecule has 4 heteroatoms. The second kappa shape index (κ2) is 5.72. The van der Waals surface area contributed by atoms with Gasteiger partial charge in [-0.25, -0.2) is 0 Å². The SMILES string of the molecule is Cc1c(C(=O)NC2CCC(C)CC2)oc2c(Cl)cccc12. The van der Waals surface area contributed by atoms with Gasteiger partial charge in [-0.2, -0.15) is 0 Å². The fourth-order valence-corrected chi connectivity index (χ4v) is 3.29. The van der Waals surface area contributed by atoms with Gasteiger partial charge in [0.15, 0.2) is 11.3 Å². The van der Waals surface area contributed by atoms with Crippen LogP contribution in [0.2, 0.25) is 5.02 Å². The van der Waals surface area contributed by atoms with Gasteiger partial charge in [0.2, 0.25) is 0 Å². The van der Waals surface area contributed by atoms with E-state index < -0.39 is 0 Å². The Morgan fingerprint density at radius 2 is 2.00 bits per heavy atom. The number of rotatable bonds is 2. The smallest absolute Gasteiger partial charge is 0.287 e. The zero-order chi connectivity index (χ0) is 15.0. The number of benzene rings is 1. The maximum Gasteiger partial charge on any atom is 0.287 e. The van der Waals surface area contributed by atoms with Crippen LogP contribution in [0.15, 0.2) is 22.6 Å². The van der Waals surface area contributed by atoms with Crippen molar-refractivity contribution in [3.63, 3.8) is 0 Å². The van der Waals surface area contributed by atoms with E-state index in [1.807, 2.05) is 19.1 Å². The van der Waals surface area contributed by atoms with Crippen molar-refractivity contribution in [3.05, 3.63) is 34.5 Å². The number of nitrogens with one attached hydrogen (secondary N) is 1. The summed E-state index contributed by atoms with van der Waals surface area (Å²) in [5, 5.41) is 4.55. The molecule has 0 bridgehead atoms. The van der Waals surface area contributed by atoms with Crippen LogP contribution in [-0.4, -0.2) is 11.9 Å². The third kappa shape index (κ3) is 2.80. The summed E-state index contributed by atoms with van der Waals surface area (Å²) >= 11 is 6.13. The Balaban J connectivity index is 1.82. The Hall–Kier alpha value is -1.48. The third-order valence-corrected chi connectivity index (χ3v) is 4.77. The van der Waals surface area contributed by atoms with Crippen LogP contribution in [0, 0.1) is 12.8 Å². The minimum Gasteiger partial charge on any atom is -0.449 e. The molecule has 3 nitrogen and oxygen atoms in total. The first-order valence-corrected chi connectivity index (χ1v) is 7.92. The third-order valence-electron chi connectivity index (χ3n) is 4.47. The average Bonchev–Trinajstić information content (AvgIpc) is 2.81. The zero-order valence-corrected chi connectivity index (χ0v) is 13.2. The summed E-state index contributed by atoms with van der Waals surface area (Å²) < 4.78 is 5.71. The molecule has 1 saturated carbocycles. The summed E-state index contributed by atoms with van der Waals surface area (Å²) in [5.41, 5.74) is 1.45. The predicted molar refractivity (Wildman–Crippen MR) is 84.8 cm³/mol. The molecule has 0 saturated heterocycles. The minimum absolute atomic E-state index is 0.126. The van der Waals surface area contributed by atoms with Crippen LogP contribution >= 0.6 is 11.6 Å². The lowest BCUT2D eigenvalue weighted by molar-refractivity contribution is 0.0896. The van der Waals surface area contributed by atoms with Gasteiger partial charge in [0.05, 0.1) is 5.02 Å². The van der Waals surface area contributed by atoms with Gasteiger partial charge in [0.25, 0.3) is 5.91 Å². The molecule has 0 unspecified atom stereocenters. The quantitative estimate of drug-likeness (QED) is 0.873. The van der Waals surface area contributed by atoms with Crippen molar-refractivity contribution in [1.29, 1.82) is 0 Å². The summed E-state index contributed by atoms with van der Waals surface area (Å²) in [4.78, 5) is 12.4. The van der Waals surface area contributed by atoms with Crippen LogP contribution in [0.5, 0.6) is 0 Å². The van der Waals surface area contributed by atoms with Crippen molar-refractivity contribution in [2.45, 2.75) is 45.6 Å². The lowest BCUT2D eigenvalue weighted by Crippen LogP contribution is -2.37. The van der Waals surface area contributed by atoms with Gasteiger partial charge in [-0.1, -0.05) is 30.7 Å². The molecule has 21 heavy (non-hydrogen) atoms. The number of carbonyl (C=O) groups is 1. The zero-order valence-electron chi connectivity index (χ0n) is 12.4. The number of hydrogen-bond acceptors (Lipinski definition) is 2. The summed E-state index contributed by atoms with van der Waals surface area (Å²) in [6, 6.07) is 5.84. The lowest BCUT2D eigenvalue weighted by Gasteiger charge is -2.26. The van der Waals surface area contributed by atoms with Gasteiger partial charge >= 0.3 is 0 Å². The number of amides is 1. The van der Waals surface area contributed by atoms with E-state index in [9.17, 15) is 4.79 Å². The Labute approximate surface area is 129 Å². The molecule has 1 aliphatic rings. The average molecular weight is 306 g/mol. The fourth-order valence-electron chi connectivity index (χ4n) is 3.08. The lowest BCUT2D eigenvalue weighted by atomic mass is 9.87. The fraction of sp³-hybridized carbons (Fsp3) is 0.471. The highest BCUT2D eigenvalue weighted by Crippen LogP contribution is 2.31. The molecule has 1 N–H and O–H groups in total. The van der Waals surface area contributed by atoms with E-state index in [0.29, 0.717) is 16.4 Å². The van der Waals surface area contributed by atoms with Crippen LogP contribution in [0.1, 0.15) is 48.7 Å². The van der Waals surface area contributed by atoms with Gasteiger partial charge in [0, 0.05) is 17.0 Å². The first kappa shape index (κ1) is 14.5. The number of furan rings is 1. The monoisotopic (exact) mass is 305 g/mol. The molecule has 1 fully saturated rings. The number of aryl methyl sites for hydroxylation is 1. The minimum atomic E-state index is -0.126. The molecule has 0 aliphatic heterocycles. The highest BCUT2D eigenvalue weighted by molar-refractivity contribution is 6.35. The van der Waals surface area contributed by atoms with Crippen molar-refractivity contribution < 1.29 is 9.21 Å². The normalized spacial score (nSPS) is 22.4. The van der Waals surface area contributed by atoms with Crippen molar-refractivity contribution in [3.8, 4) is 0 Å². The first-order chi connectivity index (χ1) is 10.1. The van der Waals surface area contributed by atoms with Gasteiger partial charge in [-0.05, 0) is 44.6 Å². The first-order valence-electron chi connectivity index (χ1n) is 7.54. The van der Waals surface area contributed by atoms with E-state index in [1.54, 1.807) is 6.07 Å². The summed E-state index contributed by atoms with van der Waals surface area (Å²) in [5.74, 6) is 1.03. The molecule has 112 valence electrons. The van der Waals surface area contributed by atoms with E-state index in [1.165, 1.54) is 12.8 Å². The standard InChI is InChI=1S/C17H20ClNO2/c1-10-6-8-12(9-7-10)19-17(20)15-11(2)13-4-3-5-14(18)16(13)21-15/h3-5,10,12H,6-9H2,1-2H3,(H,19,20). The van der Waals surface area contributed by atoms with Crippen molar-refractivity contribution >= 4 is 28.5 Å². The second-order valence-electron chi connectivity index (χ2n) is 6.10. The van der Waals surface area contributed by atoms with E-state index in [0.717, 1.165) is 29.7 Å². The van der Waals surface area contributed by atoms with Crippen LogP contribution in [-0.2, 0) is 0 Å². The number of hydrogen-bond donors (Lipinski definition) is 1. The molecule has 1 aromatic heterocycles. The van der Waals surface area contributed by atoms with Crippen molar-refractivity contribution in [2.24, 2.45) is 5.92 Å². The molecule has 0 spiro atoms. The largest absolute Gasteiger partial charge is 0.449 e. The predicted octanol–water partition coefficient (Wildman–Crippen LogP) is 4.70. The number of para-hydroxylation sites is 1. The molecule has 1 amide bonds. The second-order valence-corrected chi connectivity index (χ2v) is 6.51. The highest BCUT2D eigenvalue weighted by atomic mass is 35.5. The Morgan fingerprint density at radius 1 is 1.29 bits per heavy atom. The molecular weight excluding hydrogens is 286 g/mol. The topological polar surface area (TPSA) is 42.2 Å². The van der Waals surface area contributed by atoms with E-state index in [2.05, 4.69) is 12.2 Å². The Morgan fingerprint density at radius 3 is 2.67 bits per heavy atom. The molecule has 1 heterocycles. The molecule has 0 atom stereocenters. The van der Waals surface area contributed by atoms with E-state index >= 15 is 0 Å². The maximum atomic E-state index is 12.4. The van der Waals surface area contributed by atoms with Gasteiger partial charge in [-0.3, -0.25) is 4.79 Å². The van der Waals surface area contributed by atoms with E-state index in [4.69, 9.17) is 16.0 Å². The maximum absolute atomic E-state index is 12.4. The molecule has 2 aromatic rings. The van der Waals surface area contributed by atoms with Crippen LogP contribution in [0.25, 0.3) is 11.0 Å². The summed E-state index contributed by atoms with van der Waals surface area (Å²) in [6.07, 6.45) is 4.45. The van der Waals surface area contributed by atoms with Crippen molar-refractivity contribution in [1.82, 2.24) is 5.32 Å². The molecule has 0 radical (unpaired) electrons. The molecular formula is C17H20ClNO2. The number of halogens is 1. The molecule has 3 rings (SSSR count). The number of fused-ring (bicyclic) bond motifs is 1. The van der Waals surface area contributed by atoms with Gasteiger partial charge in [0.1, 0.15) is 0 Å². The Bertz CT molecular complexity index is 669. The highest BCUT2D eigenvalue weighted by Gasteiger charge is 2.24. The Kier molecular flexibility index (Phi) is 3.94. The molecule has 1 aliphatic carbocycles. The van der Waals surface area contributed by atoms with Gasteiger partial charge in [-0.15, -0.1) is 0 Å². The van der Waals surface area contributed by atoms with Crippen LogP contribution in [0.4, 0.5) is 0 Å². The van der Waals surface area contributed by atoms with Crippen molar-refractivity contribution in [2.75, 3.05) is 0 Å². The van der Waals surface area contributed by atoms with Crippen LogP contribution in [0.3, 0.4) is 0 Å². The summed E-state index contributed by atoms with van der Waals surface area (Å²) in [6.45, 7) is 4.17. The number of carbonyl (C=O) groups excluding carboxylic acids is 1. The van der Waals surface area contributed by atoms with Crippen LogP contribution < -0.4 is 5.32 Å². The summed E-state index contributed by atoms with van der Waals surface area (Å²) in [7, 11) is 0. The van der Waals surface area contributed by atoms with E-state index in [-0.39, 0.29) is 11.9 Å².